The van der Waals surface area contributed by atoms with E-state index in [2.05, 4.69) is 29.2 Å². The summed E-state index contributed by atoms with van der Waals surface area (Å²) >= 11 is 0. The van der Waals surface area contributed by atoms with Crippen molar-refractivity contribution in [3.8, 4) is 0 Å². The highest BCUT2D eigenvalue weighted by molar-refractivity contribution is 5.68. The zero-order valence-corrected chi connectivity index (χ0v) is 12.0. The monoisotopic (exact) mass is 274 g/mol. The van der Waals surface area contributed by atoms with Gasteiger partial charge in [0, 0.05) is 25.7 Å². The molecule has 2 heterocycles. The molecule has 4 nitrogen and oxygen atoms in total. The van der Waals surface area contributed by atoms with E-state index in [9.17, 15) is 4.79 Å². The molecule has 1 aromatic carbocycles. The number of carbonyl (C=O) groups excluding carboxylic acids is 1. The van der Waals surface area contributed by atoms with Crippen LogP contribution in [0.15, 0.2) is 30.3 Å². The van der Waals surface area contributed by atoms with Crippen molar-refractivity contribution in [1.82, 2.24) is 9.80 Å². The maximum Gasteiger partial charge on any atom is 0.409 e. The predicted octanol–water partition coefficient (Wildman–Crippen LogP) is 2.35. The lowest BCUT2D eigenvalue weighted by atomic mass is 10.0. The molecule has 0 radical (unpaired) electrons. The molecule has 2 atom stereocenters. The van der Waals surface area contributed by atoms with Gasteiger partial charge in [-0.3, -0.25) is 4.90 Å². The third-order valence-electron chi connectivity index (χ3n) is 4.42. The van der Waals surface area contributed by atoms with Crippen LogP contribution in [0.2, 0.25) is 0 Å². The maximum absolute atomic E-state index is 11.8. The fourth-order valence-electron chi connectivity index (χ4n) is 3.43. The predicted molar refractivity (Wildman–Crippen MR) is 77.3 cm³/mol. The minimum Gasteiger partial charge on any atom is -0.450 e. The fourth-order valence-corrected chi connectivity index (χ4v) is 3.43. The van der Waals surface area contributed by atoms with Gasteiger partial charge in [0.1, 0.15) is 0 Å². The molecule has 0 aliphatic carbocycles. The van der Waals surface area contributed by atoms with Crippen molar-refractivity contribution in [2.24, 2.45) is 5.92 Å². The van der Waals surface area contributed by atoms with Gasteiger partial charge in [-0.15, -0.1) is 0 Å². The Morgan fingerprint density at radius 1 is 1.30 bits per heavy atom. The molecule has 0 N–H and O–H groups in total. The Bertz CT molecular complexity index is 463. The second kappa shape index (κ2) is 5.83. The summed E-state index contributed by atoms with van der Waals surface area (Å²) < 4.78 is 5.11. The molecule has 4 heteroatoms. The maximum atomic E-state index is 11.8. The van der Waals surface area contributed by atoms with Crippen molar-refractivity contribution < 1.29 is 9.53 Å². The van der Waals surface area contributed by atoms with Crippen LogP contribution in [0.3, 0.4) is 0 Å². The Morgan fingerprint density at radius 3 is 2.85 bits per heavy atom. The molecule has 1 aromatic rings. The van der Waals surface area contributed by atoms with Gasteiger partial charge in [-0.25, -0.2) is 4.79 Å². The van der Waals surface area contributed by atoms with Crippen LogP contribution >= 0.6 is 0 Å². The number of nitrogens with zero attached hydrogens (tertiary/aromatic N) is 2. The standard InChI is InChI=1S/C16H22N2O2/c1-2-20-16(19)18-11-14-8-9-17(15(14)12-18)10-13-6-4-3-5-7-13/h3-7,14-15H,2,8-12H2,1H3/t14-,15+/m1/s1. The molecule has 0 spiro atoms. The van der Waals surface area contributed by atoms with E-state index in [0.717, 1.165) is 26.2 Å². The van der Waals surface area contributed by atoms with Gasteiger partial charge in [0.05, 0.1) is 6.61 Å². The van der Waals surface area contributed by atoms with Crippen LogP contribution in [0.25, 0.3) is 0 Å². The molecule has 0 aromatic heterocycles. The normalized spacial score (nSPS) is 25.8. The van der Waals surface area contributed by atoms with Crippen molar-refractivity contribution >= 4 is 6.09 Å². The van der Waals surface area contributed by atoms with E-state index < -0.39 is 0 Å². The molecule has 108 valence electrons. The fraction of sp³-hybridized carbons (Fsp3) is 0.562. The zero-order valence-electron chi connectivity index (χ0n) is 12.0. The molecule has 0 bridgehead atoms. The third-order valence-corrected chi connectivity index (χ3v) is 4.42. The van der Waals surface area contributed by atoms with Gasteiger partial charge in [-0.2, -0.15) is 0 Å². The number of carbonyl (C=O) groups is 1. The van der Waals surface area contributed by atoms with Crippen LogP contribution in [0.1, 0.15) is 18.9 Å². The van der Waals surface area contributed by atoms with E-state index in [-0.39, 0.29) is 6.09 Å². The Kier molecular flexibility index (Phi) is 3.92. The van der Waals surface area contributed by atoms with Gasteiger partial charge < -0.3 is 9.64 Å². The number of hydrogen-bond donors (Lipinski definition) is 0. The van der Waals surface area contributed by atoms with E-state index in [1.165, 1.54) is 12.0 Å². The molecule has 0 saturated carbocycles. The van der Waals surface area contributed by atoms with Gasteiger partial charge in [0.15, 0.2) is 0 Å². The van der Waals surface area contributed by atoms with Crippen LogP contribution in [0.4, 0.5) is 4.79 Å². The van der Waals surface area contributed by atoms with Gasteiger partial charge in [0.25, 0.3) is 0 Å². The summed E-state index contributed by atoms with van der Waals surface area (Å²) in [6.07, 6.45) is 1.04. The lowest BCUT2D eigenvalue weighted by molar-refractivity contribution is 0.110. The average molecular weight is 274 g/mol. The van der Waals surface area contributed by atoms with Crippen LogP contribution in [-0.4, -0.2) is 48.2 Å². The highest BCUT2D eigenvalue weighted by Crippen LogP contribution is 2.32. The first-order valence-corrected chi connectivity index (χ1v) is 7.47. The molecule has 0 unspecified atom stereocenters. The van der Waals surface area contributed by atoms with Crippen LogP contribution in [-0.2, 0) is 11.3 Å². The number of fused-ring (bicyclic) bond motifs is 1. The number of rotatable bonds is 3. The minimum atomic E-state index is -0.151. The largest absolute Gasteiger partial charge is 0.450 e. The van der Waals surface area contributed by atoms with Crippen molar-refractivity contribution in [2.75, 3.05) is 26.2 Å². The summed E-state index contributed by atoms with van der Waals surface area (Å²) in [6, 6.07) is 11.1. The number of hydrogen-bond acceptors (Lipinski definition) is 3. The lowest BCUT2D eigenvalue weighted by Crippen LogP contribution is -2.37. The molecule has 2 aliphatic rings. The molecular formula is C16H22N2O2. The van der Waals surface area contributed by atoms with Crippen molar-refractivity contribution in [3.05, 3.63) is 35.9 Å². The first-order chi connectivity index (χ1) is 9.78. The number of ether oxygens (including phenoxy) is 1. The van der Waals surface area contributed by atoms with E-state index >= 15 is 0 Å². The highest BCUT2D eigenvalue weighted by atomic mass is 16.6. The van der Waals surface area contributed by atoms with E-state index in [0.29, 0.717) is 18.6 Å². The smallest absolute Gasteiger partial charge is 0.409 e. The van der Waals surface area contributed by atoms with Gasteiger partial charge in [-0.1, -0.05) is 30.3 Å². The Labute approximate surface area is 120 Å². The van der Waals surface area contributed by atoms with Crippen molar-refractivity contribution in [2.45, 2.75) is 25.9 Å². The number of benzene rings is 1. The Balaban J connectivity index is 1.61. The molecule has 1 amide bonds. The molecule has 2 aliphatic heterocycles. The minimum absolute atomic E-state index is 0.151. The topological polar surface area (TPSA) is 32.8 Å². The molecule has 2 fully saturated rings. The number of likely N-dealkylation sites (tertiary alicyclic amines) is 2. The van der Waals surface area contributed by atoms with Crippen molar-refractivity contribution in [3.63, 3.8) is 0 Å². The zero-order chi connectivity index (χ0) is 13.9. The van der Waals surface area contributed by atoms with Gasteiger partial charge in [0.2, 0.25) is 0 Å². The summed E-state index contributed by atoms with van der Waals surface area (Å²) in [5.41, 5.74) is 1.35. The Morgan fingerprint density at radius 2 is 2.10 bits per heavy atom. The summed E-state index contributed by atoms with van der Waals surface area (Å²) in [5, 5.41) is 0. The second-order valence-electron chi connectivity index (χ2n) is 5.68. The van der Waals surface area contributed by atoms with Gasteiger partial charge >= 0.3 is 6.09 Å². The average Bonchev–Trinajstić information content (AvgIpc) is 3.02. The molecule has 2 saturated heterocycles. The summed E-state index contributed by atoms with van der Waals surface area (Å²) in [7, 11) is 0. The van der Waals surface area contributed by atoms with Gasteiger partial charge in [-0.05, 0) is 31.4 Å². The lowest BCUT2D eigenvalue weighted by Gasteiger charge is -2.24. The quantitative estimate of drug-likeness (QED) is 0.848. The molecule has 3 rings (SSSR count). The second-order valence-corrected chi connectivity index (χ2v) is 5.68. The number of amides is 1. The van der Waals surface area contributed by atoms with Crippen LogP contribution in [0, 0.1) is 5.92 Å². The van der Waals surface area contributed by atoms with E-state index in [1.54, 1.807) is 0 Å². The SMILES string of the molecule is CCOC(=O)N1C[C@H]2CCN(Cc3ccccc3)[C@H]2C1. The van der Waals surface area contributed by atoms with E-state index in [1.807, 2.05) is 17.9 Å². The van der Waals surface area contributed by atoms with Crippen LogP contribution < -0.4 is 0 Å². The summed E-state index contributed by atoms with van der Waals surface area (Å²) in [4.78, 5) is 16.2. The first-order valence-electron chi connectivity index (χ1n) is 7.47. The molecule has 20 heavy (non-hydrogen) atoms. The first kappa shape index (κ1) is 13.4. The summed E-state index contributed by atoms with van der Waals surface area (Å²) in [6.45, 7) is 6.11. The third kappa shape index (κ3) is 2.66. The van der Waals surface area contributed by atoms with Crippen LogP contribution in [0.5, 0.6) is 0 Å². The summed E-state index contributed by atoms with van der Waals surface area (Å²) in [5.74, 6) is 0.614. The van der Waals surface area contributed by atoms with E-state index in [4.69, 9.17) is 4.74 Å². The molecular weight excluding hydrogens is 252 g/mol. The highest BCUT2D eigenvalue weighted by Gasteiger charge is 2.42. The van der Waals surface area contributed by atoms with Crippen molar-refractivity contribution in [1.29, 1.82) is 0 Å². The Hall–Kier alpha value is -1.55.